The number of rotatable bonds is 19. The van der Waals surface area contributed by atoms with Crippen molar-refractivity contribution in [3.63, 3.8) is 0 Å². The monoisotopic (exact) mass is 755 g/mol. The molecule has 55 heavy (non-hydrogen) atoms. The molecule has 0 unspecified atom stereocenters. The highest BCUT2D eigenvalue weighted by Gasteiger charge is 2.39. The standard InChI is InChI=1S/C42H53N5O8/c1-3-42(4-2,40(52)45-34(25-30-17-9-5-10-18-30)38(50)44-28-37(49)55-33-23-15-8-16-24-33)47-36(48)27-43-39(51)35(26-31-19-11-6-12-20-31)46-41(53)54-29-32-21-13-7-14-22-32/h5-7,9-14,17-22,33-35H,3-4,8,15-16,23-29H2,1-2H3,(H,43,51)(H,44,50)(H,45,52)(H,46,53)(H,47,48)/t34-,35-/m0/s1. The quantitative estimate of drug-likeness (QED) is 0.114. The van der Waals surface area contributed by atoms with E-state index in [0.29, 0.717) is 0 Å². The fourth-order valence-corrected chi connectivity index (χ4v) is 6.42. The van der Waals surface area contributed by atoms with Gasteiger partial charge in [0.2, 0.25) is 23.6 Å². The van der Waals surface area contributed by atoms with Crippen LogP contribution in [0.1, 0.15) is 75.5 Å². The molecule has 0 bridgehead atoms. The third-order valence-corrected chi connectivity index (χ3v) is 9.71. The molecule has 0 heterocycles. The van der Waals surface area contributed by atoms with Crippen LogP contribution < -0.4 is 26.6 Å². The summed E-state index contributed by atoms with van der Waals surface area (Å²) in [5.74, 6) is -2.98. The third-order valence-electron chi connectivity index (χ3n) is 9.71. The largest absolute Gasteiger partial charge is 0.461 e. The van der Waals surface area contributed by atoms with Crippen LogP contribution in [0.2, 0.25) is 0 Å². The van der Waals surface area contributed by atoms with Crippen molar-refractivity contribution in [1.82, 2.24) is 26.6 Å². The van der Waals surface area contributed by atoms with Crippen molar-refractivity contribution in [2.75, 3.05) is 13.1 Å². The molecule has 5 N–H and O–H groups in total. The van der Waals surface area contributed by atoms with Crippen LogP contribution in [0.4, 0.5) is 4.79 Å². The first-order valence-corrected chi connectivity index (χ1v) is 19.0. The van der Waals surface area contributed by atoms with Crippen LogP contribution in [0.3, 0.4) is 0 Å². The highest BCUT2D eigenvalue weighted by molar-refractivity contribution is 5.96. The molecule has 1 aliphatic carbocycles. The van der Waals surface area contributed by atoms with E-state index in [9.17, 15) is 28.8 Å². The summed E-state index contributed by atoms with van der Waals surface area (Å²) in [5, 5.41) is 13.4. The topological polar surface area (TPSA) is 181 Å². The molecular weight excluding hydrogens is 702 g/mol. The molecule has 1 aliphatic rings. The van der Waals surface area contributed by atoms with Gasteiger partial charge in [0.1, 0.15) is 36.9 Å². The van der Waals surface area contributed by atoms with E-state index in [0.717, 1.165) is 48.8 Å². The number of amides is 5. The number of carbonyl (C=O) groups is 6. The molecule has 0 aliphatic heterocycles. The number of hydrogen-bond donors (Lipinski definition) is 5. The first-order valence-electron chi connectivity index (χ1n) is 19.0. The molecule has 5 amide bonds. The second-order valence-electron chi connectivity index (χ2n) is 13.7. The Balaban J connectivity index is 1.37. The Labute approximate surface area is 322 Å². The Hall–Kier alpha value is -5.72. The zero-order chi connectivity index (χ0) is 39.5. The first kappa shape index (κ1) is 42.0. The van der Waals surface area contributed by atoms with Crippen LogP contribution >= 0.6 is 0 Å². The number of nitrogens with one attached hydrogen (secondary N) is 5. The average Bonchev–Trinajstić information content (AvgIpc) is 3.21. The van der Waals surface area contributed by atoms with Crippen molar-refractivity contribution in [2.45, 2.75) is 102 Å². The van der Waals surface area contributed by atoms with E-state index in [4.69, 9.17) is 9.47 Å². The van der Waals surface area contributed by atoms with Gasteiger partial charge in [-0.15, -0.1) is 0 Å². The lowest BCUT2D eigenvalue weighted by Gasteiger charge is -2.33. The van der Waals surface area contributed by atoms with E-state index in [-0.39, 0.29) is 44.9 Å². The van der Waals surface area contributed by atoms with Crippen LogP contribution in [-0.4, -0.2) is 72.5 Å². The van der Waals surface area contributed by atoms with E-state index in [1.54, 1.807) is 13.8 Å². The normalized spacial score (nSPS) is 14.0. The maximum Gasteiger partial charge on any atom is 0.408 e. The summed E-state index contributed by atoms with van der Waals surface area (Å²) in [6, 6.07) is 25.2. The van der Waals surface area contributed by atoms with E-state index >= 15 is 0 Å². The summed E-state index contributed by atoms with van der Waals surface area (Å²) in [4.78, 5) is 79.4. The van der Waals surface area contributed by atoms with Crippen molar-refractivity contribution in [3.05, 3.63) is 108 Å². The molecule has 3 aromatic rings. The zero-order valence-corrected chi connectivity index (χ0v) is 31.6. The van der Waals surface area contributed by atoms with Gasteiger partial charge in [-0.2, -0.15) is 0 Å². The van der Waals surface area contributed by atoms with Crippen LogP contribution in [0.5, 0.6) is 0 Å². The lowest BCUT2D eigenvalue weighted by Crippen LogP contribution is -2.63. The first-order chi connectivity index (χ1) is 26.6. The third kappa shape index (κ3) is 13.9. The Morgan fingerprint density at radius 3 is 1.67 bits per heavy atom. The molecule has 0 radical (unpaired) electrons. The smallest absolute Gasteiger partial charge is 0.408 e. The van der Waals surface area contributed by atoms with Crippen molar-refractivity contribution in [3.8, 4) is 0 Å². The number of hydrogen-bond acceptors (Lipinski definition) is 8. The van der Waals surface area contributed by atoms with Crippen LogP contribution in [0, 0.1) is 0 Å². The van der Waals surface area contributed by atoms with Gasteiger partial charge < -0.3 is 36.1 Å². The predicted molar refractivity (Wildman–Crippen MR) is 206 cm³/mol. The van der Waals surface area contributed by atoms with Crippen molar-refractivity contribution < 1.29 is 38.2 Å². The van der Waals surface area contributed by atoms with Crippen molar-refractivity contribution in [1.29, 1.82) is 0 Å². The summed E-state index contributed by atoms with van der Waals surface area (Å²) >= 11 is 0. The molecule has 1 fully saturated rings. The maximum atomic E-state index is 14.0. The molecular formula is C42H53N5O8. The summed E-state index contributed by atoms with van der Waals surface area (Å²) < 4.78 is 10.9. The van der Waals surface area contributed by atoms with Gasteiger partial charge in [0.25, 0.3) is 0 Å². The summed E-state index contributed by atoms with van der Waals surface area (Å²) in [6.45, 7) is 2.64. The van der Waals surface area contributed by atoms with Crippen molar-refractivity contribution >= 4 is 35.7 Å². The Bertz CT molecular complexity index is 1700. The maximum absolute atomic E-state index is 14.0. The molecule has 0 aromatic heterocycles. The molecule has 0 spiro atoms. The summed E-state index contributed by atoms with van der Waals surface area (Å²) in [5.41, 5.74) is 0.901. The highest BCUT2D eigenvalue weighted by atomic mass is 16.6. The van der Waals surface area contributed by atoms with E-state index in [1.807, 2.05) is 91.0 Å². The van der Waals surface area contributed by atoms with Gasteiger partial charge in [-0.3, -0.25) is 24.0 Å². The van der Waals surface area contributed by atoms with Crippen LogP contribution in [-0.2, 0) is 52.9 Å². The molecule has 1 saturated carbocycles. The minimum absolute atomic E-state index is 0.00770. The lowest BCUT2D eigenvalue weighted by molar-refractivity contribution is -0.150. The van der Waals surface area contributed by atoms with Gasteiger partial charge in [0.05, 0.1) is 6.54 Å². The fourth-order valence-electron chi connectivity index (χ4n) is 6.42. The van der Waals surface area contributed by atoms with Gasteiger partial charge in [0, 0.05) is 12.8 Å². The van der Waals surface area contributed by atoms with E-state index in [2.05, 4.69) is 26.6 Å². The van der Waals surface area contributed by atoms with Gasteiger partial charge in [0.15, 0.2) is 0 Å². The number of esters is 1. The minimum atomic E-state index is -1.43. The summed E-state index contributed by atoms with van der Waals surface area (Å²) in [7, 11) is 0. The molecule has 13 nitrogen and oxygen atoms in total. The number of benzene rings is 3. The van der Waals surface area contributed by atoms with Gasteiger partial charge >= 0.3 is 12.1 Å². The van der Waals surface area contributed by atoms with E-state index < -0.39 is 59.9 Å². The highest BCUT2D eigenvalue weighted by Crippen LogP contribution is 2.20. The van der Waals surface area contributed by atoms with Crippen LogP contribution in [0.25, 0.3) is 0 Å². The minimum Gasteiger partial charge on any atom is -0.461 e. The van der Waals surface area contributed by atoms with Gasteiger partial charge in [-0.1, -0.05) is 111 Å². The number of alkyl carbamates (subject to hydrolysis) is 1. The molecule has 294 valence electrons. The Morgan fingerprint density at radius 2 is 1.15 bits per heavy atom. The predicted octanol–water partition coefficient (Wildman–Crippen LogP) is 4.03. The SMILES string of the molecule is CCC(CC)(NC(=O)CNC(=O)[C@H](Cc1ccccc1)NC(=O)OCc1ccccc1)C(=O)N[C@@H](Cc1ccccc1)C(=O)NCC(=O)OC1CCCCC1. The lowest BCUT2D eigenvalue weighted by atomic mass is 9.90. The second kappa shape index (κ2) is 21.9. The average molecular weight is 756 g/mol. The molecule has 4 rings (SSSR count). The number of ether oxygens (including phenoxy) is 2. The van der Waals surface area contributed by atoms with E-state index in [1.165, 1.54) is 0 Å². The Morgan fingerprint density at radius 1 is 0.655 bits per heavy atom. The molecule has 3 aromatic carbocycles. The second-order valence-corrected chi connectivity index (χ2v) is 13.7. The molecule has 2 atom stereocenters. The Kier molecular flexibility index (Phi) is 16.7. The van der Waals surface area contributed by atoms with Gasteiger partial charge in [-0.25, -0.2) is 4.79 Å². The molecule has 0 saturated heterocycles. The fraction of sp³-hybridized carbons (Fsp3) is 0.429. The zero-order valence-electron chi connectivity index (χ0n) is 31.6. The number of carbonyl (C=O) groups excluding carboxylic acids is 6. The summed E-state index contributed by atoms with van der Waals surface area (Å²) in [6.07, 6.45) is 4.35. The molecule has 13 heteroatoms. The van der Waals surface area contributed by atoms with Crippen molar-refractivity contribution in [2.24, 2.45) is 0 Å². The van der Waals surface area contributed by atoms with Crippen LogP contribution in [0.15, 0.2) is 91.0 Å². The van der Waals surface area contributed by atoms with Gasteiger partial charge in [-0.05, 0) is 55.2 Å².